The molecule has 1 unspecified atom stereocenters. The van der Waals surface area contributed by atoms with Gasteiger partial charge in [0.05, 0.1) is 36.0 Å². The van der Waals surface area contributed by atoms with Gasteiger partial charge in [-0.25, -0.2) is 13.2 Å². The highest BCUT2D eigenvalue weighted by molar-refractivity contribution is 7.92. The van der Waals surface area contributed by atoms with Crippen molar-refractivity contribution in [1.82, 2.24) is 10.2 Å². The summed E-state index contributed by atoms with van der Waals surface area (Å²) in [7, 11) is -2.45. The lowest BCUT2D eigenvalue weighted by molar-refractivity contribution is -0.130. The smallest absolute Gasteiger partial charge is 0.337 e. The summed E-state index contributed by atoms with van der Waals surface area (Å²) < 4.78 is 31.2. The van der Waals surface area contributed by atoms with E-state index in [2.05, 4.69) is 10.6 Å². The van der Waals surface area contributed by atoms with E-state index in [0.29, 0.717) is 60.1 Å². The number of aliphatic imine (C=N–C) groups is 1. The summed E-state index contributed by atoms with van der Waals surface area (Å²) in [5.41, 5.74) is 3.53. The van der Waals surface area contributed by atoms with E-state index < -0.39 is 21.9 Å². The van der Waals surface area contributed by atoms with Crippen LogP contribution >= 0.6 is 0 Å². The van der Waals surface area contributed by atoms with E-state index in [0.717, 1.165) is 16.1 Å². The largest absolute Gasteiger partial charge is 0.465 e. The first-order valence-electron chi connectivity index (χ1n) is 13.4. The van der Waals surface area contributed by atoms with Crippen molar-refractivity contribution in [1.29, 1.82) is 0 Å². The predicted octanol–water partition coefficient (Wildman–Crippen LogP) is 2.53. The number of amides is 2. The van der Waals surface area contributed by atoms with Gasteiger partial charge in [0.15, 0.2) is 0 Å². The molecule has 2 aliphatic heterocycles. The molecule has 0 radical (unpaired) electrons. The number of fused-ring (bicyclic) bond motifs is 1. The van der Waals surface area contributed by atoms with Crippen LogP contribution in [0.3, 0.4) is 0 Å². The average Bonchev–Trinajstić information content (AvgIpc) is 3.33. The summed E-state index contributed by atoms with van der Waals surface area (Å²) in [6.45, 7) is 2.07. The molecule has 2 N–H and O–H groups in total. The van der Waals surface area contributed by atoms with Crippen molar-refractivity contribution in [2.75, 3.05) is 55.7 Å². The Kier molecular flexibility index (Phi) is 8.36. The molecule has 2 heterocycles. The van der Waals surface area contributed by atoms with E-state index >= 15 is 0 Å². The number of methoxy groups -OCH3 is 1. The van der Waals surface area contributed by atoms with Crippen LogP contribution in [0.4, 0.5) is 17.1 Å². The van der Waals surface area contributed by atoms with Crippen LogP contribution in [0.15, 0.2) is 77.8 Å². The molecule has 42 heavy (non-hydrogen) atoms. The molecule has 3 aromatic carbocycles. The van der Waals surface area contributed by atoms with E-state index in [1.807, 2.05) is 30.3 Å². The van der Waals surface area contributed by atoms with Gasteiger partial charge in [0, 0.05) is 31.9 Å². The van der Waals surface area contributed by atoms with Crippen molar-refractivity contribution in [3.8, 4) is 0 Å². The molecule has 2 aliphatic rings. The Labute approximate surface area is 244 Å². The molecule has 0 spiro atoms. The van der Waals surface area contributed by atoms with E-state index in [4.69, 9.17) is 9.73 Å². The molecule has 1 saturated heterocycles. The zero-order chi connectivity index (χ0) is 29.9. The van der Waals surface area contributed by atoms with Gasteiger partial charge in [0.1, 0.15) is 12.5 Å². The Morgan fingerprint density at radius 1 is 1.00 bits per heavy atom. The van der Waals surface area contributed by atoms with E-state index in [-0.39, 0.29) is 18.4 Å². The lowest BCUT2D eigenvalue weighted by atomic mass is 9.90. The maximum absolute atomic E-state index is 13.3. The summed E-state index contributed by atoms with van der Waals surface area (Å²) in [5.74, 6) is -1.82. The molecule has 218 valence electrons. The number of hydrogen-bond acceptors (Lipinski definition) is 8. The molecule has 1 atom stereocenters. The third-order valence-electron chi connectivity index (χ3n) is 7.18. The first-order chi connectivity index (χ1) is 20.2. The third-order valence-corrected chi connectivity index (χ3v) is 8.33. The number of benzene rings is 3. The van der Waals surface area contributed by atoms with E-state index in [9.17, 15) is 22.8 Å². The second kappa shape index (κ2) is 12.1. The Morgan fingerprint density at radius 2 is 1.69 bits per heavy atom. The van der Waals surface area contributed by atoms with Crippen LogP contribution in [0, 0.1) is 0 Å². The normalized spacial score (nSPS) is 16.9. The van der Waals surface area contributed by atoms with Crippen molar-refractivity contribution >= 4 is 50.6 Å². The highest BCUT2D eigenvalue weighted by Gasteiger charge is 2.36. The fourth-order valence-corrected chi connectivity index (χ4v) is 5.90. The predicted molar refractivity (Wildman–Crippen MR) is 160 cm³/mol. The van der Waals surface area contributed by atoms with Crippen LogP contribution in [0.5, 0.6) is 0 Å². The summed E-state index contributed by atoms with van der Waals surface area (Å²) in [4.78, 5) is 44.6. The molecule has 5 rings (SSSR count). The van der Waals surface area contributed by atoms with E-state index in [1.54, 1.807) is 47.4 Å². The molecular weight excluding hydrogens is 558 g/mol. The van der Waals surface area contributed by atoms with Crippen molar-refractivity contribution in [2.24, 2.45) is 4.99 Å². The number of ether oxygens (including phenoxy) is 1. The van der Waals surface area contributed by atoms with Crippen LogP contribution in [0.25, 0.3) is 0 Å². The third kappa shape index (κ3) is 6.19. The van der Waals surface area contributed by atoms with Gasteiger partial charge >= 0.3 is 5.97 Å². The zero-order valence-electron chi connectivity index (χ0n) is 23.2. The number of esters is 1. The molecule has 0 aliphatic carbocycles. The van der Waals surface area contributed by atoms with E-state index in [1.165, 1.54) is 7.11 Å². The van der Waals surface area contributed by atoms with Gasteiger partial charge in [-0.1, -0.05) is 36.4 Å². The monoisotopic (exact) mass is 589 g/mol. The number of nitrogens with zero attached hydrogens (tertiary/aromatic N) is 3. The van der Waals surface area contributed by atoms with Gasteiger partial charge in [-0.3, -0.25) is 18.9 Å². The number of rotatable bonds is 8. The fraction of sp³-hybridized carbons (Fsp3) is 0.267. The van der Waals surface area contributed by atoms with Crippen LogP contribution < -0.4 is 14.9 Å². The Bertz CT molecular complexity index is 1630. The molecule has 11 nitrogen and oxygen atoms in total. The summed E-state index contributed by atoms with van der Waals surface area (Å²) in [6.07, 6.45) is 1.07. The molecular formula is C30H31N5O6S. The van der Waals surface area contributed by atoms with Gasteiger partial charge in [0.2, 0.25) is 21.8 Å². The van der Waals surface area contributed by atoms with Crippen molar-refractivity contribution in [2.45, 2.75) is 5.92 Å². The number of sulfonamides is 1. The molecule has 0 aromatic heterocycles. The maximum Gasteiger partial charge on any atom is 0.337 e. The molecule has 12 heteroatoms. The first kappa shape index (κ1) is 29.0. The van der Waals surface area contributed by atoms with Crippen molar-refractivity contribution in [3.63, 3.8) is 0 Å². The highest BCUT2D eigenvalue weighted by atomic mass is 32.2. The minimum Gasteiger partial charge on any atom is -0.465 e. The quantitative estimate of drug-likeness (QED) is 0.304. The van der Waals surface area contributed by atoms with Gasteiger partial charge in [-0.05, 0) is 47.5 Å². The lowest BCUT2D eigenvalue weighted by Crippen LogP contribution is -2.50. The first-order valence-corrected chi connectivity index (χ1v) is 15.2. The Morgan fingerprint density at radius 3 is 2.33 bits per heavy atom. The lowest BCUT2D eigenvalue weighted by Gasteiger charge is -2.30. The SMILES string of the molecule is COC(=O)c1ccc2c(c1)NC(=O)C2C(=Nc1ccc(N(CC(=O)N2CCNCC2)S(C)(=O)=O)cc1)c1ccccc1. The Balaban J connectivity index is 1.48. The standard InChI is InChI=1S/C30H31N5O6S/c1-41-30(38)21-8-13-24-25(18-21)33-29(37)27(24)28(20-6-4-3-5-7-20)32-22-9-11-23(12-10-22)35(42(2,39)40)19-26(36)34-16-14-31-15-17-34/h3-13,18,27,31H,14-17,19H2,1-2H3,(H,33,37). The van der Waals surface area contributed by atoms with Crippen LogP contribution in [-0.4, -0.2) is 82.9 Å². The number of hydrogen-bond donors (Lipinski definition) is 2. The number of piperazine rings is 1. The minimum atomic E-state index is -3.75. The van der Waals surface area contributed by atoms with Crippen LogP contribution in [-0.2, 0) is 24.3 Å². The van der Waals surface area contributed by atoms with Gasteiger partial charge in [0.25, 0.3) is 0 Å². The van der Waals surface area contributed by atoms with Crippen LogP contribution in [0.2, 0.25) is 0 Å². The van der Waals surface area contributed by atoms with Crippen LogP contribution in [0.1, 0.15) is 27.4 Å². The van der Waals surface area contributed by atoms with Gasteiger partial charge in [-0.2, -0.15) is 0 Å². The van der Waals surface area contributed by atoms with Gasteiger partial charge < -0.3 is 20.3 Å². The van der Waals surface area contributed by atoms with Gasteiger partial charge in [-0.15, -0.1) is 0 Å². The molecule has 3 aromatic rings. The second-order valence-corrected chi connectivity index (χ2v) is 11.9. The molecule has 2 amide bonds. The summed E-state index contributed by atoms with van der Waals surface area (Å²) in [5, 5.41) is 6.02. The summed E-state index contributed by atoms with van der Waals surface area (Å²) in [6, 6.07) is 20.7. The minimum absolute atomic E-state index is 0.267. The second-order valence-electron chi connectivity index (χ2n) is 10.00. The Hall–Kier alpha value is -4.55. The average molecular weight is 590 g/mol. The number of nitrogens with one attached hydrogen (secondary N) is 2. The molecule has 0 saturated carbocycles. The fourth-order valence-electron chi connectivity index (χ4n) is 5.05. The van der Waals surface area contributed by atoms with Crippen molar-refractivity contribution in [3.05, 3.63) is 89.5 Å². The molecule has 1 fully saturated rings. The topological polar surface area (TPSA) is 137 Å². The molecule has 0 bridgehead atoms. The number of carbonyl (C=O) groups excluding carboxylic acids is 3. The zero-order valence-corrected chi connectivity index (χ0v) is 24.1. The number of carbonyl (C=O) groups is 3. The number of anilines is 2. The van der Waals surface area contributed by atoms with Crippen molar-refractivity contribution < 1.29 is 27.5 Å². The summed E-state index contributed by atoms with van der Waals surface area (Å²) >= 11 is 0. The maximum atomic E-state index is 13.3. The highest BCUT2D eigenvalue weighted by Crippen LogP contribution is 2.37.